The molecule has 8 aromatic carbocycles. The third kappa shape index (κ3) is 4.59. The van der Waals surface area contributed by atoms with E-state index in [1.165, 1.54) is 48.9 Å². The average molecular weight is 624 g/mol. The molecule has 0 fully saturated rings. The SMILES string of the molecule is c1ccc(-c2ccc3nc(-c4ccc(-n5c6ccccc6c6cc7ccccc7cc65)cc4)nc(-c4ccc5ccccc5c4)c3c2)cc1. The van der Waals surface area contributed by atoms with Gasteiger partial charge in [0.25, 0.3) is 0 Å². The molecular weight excluding hydrogens is 595 g/mol. The number of para-hydroxylation sites is 1. The van der Waals surface area contributed by atoms with Gasteiger partial charge in [0.2, 0.25) is 0 Å². The summed E-state index contributed by atoms with van der Waals surface area (Å²) < 4.78 is 2.37. The van der Waals surface area contributed by atoms with Crippen molar-refractivity contribution in [3.63, 3.8) is 0 Å². The van der Waals surface area contributed by atoms with Crippen molar-refractivity contribution in [3.05, 3.63) is 176 Å². The molecule has 10 aromatic rings. The molecule has 0 aliphatic carbocycles. The van der Waals surface area contributed by atoms with Crippen LogP contribution in [0.5, 0.6) is 0 Å². The molecule has 0 radical (unpaired) electrons. The van der Waals surface area contributed by atoms with Gasteiger partial charge in [0.15, 0.2) is 5.82 Å². The van der Waals surface area contributed by atoms with E-state index in [1.54, 1.807) is 0 Å². The summed E-state index contributed by atoms with van der Waals surface area (Å²) in [6.07, 6.45) is 0. The van der Waals surface area contributed by atoms with E-state index in [0.29, 0.717) is 5.82 Å². The second-order valence-corrected chi connectivity index (χ2v) is 12.7. The number of nitrogens with zero attached hydrogens (tertiary/aromatic N) is 3. The van der Waals surface area contributed by atoms with Crippen LogP contribution >= 0.6 is 0 Å². The number of hydrogen-bond donors (Lipinski definition) is 0. The van der Waals surface area contributed by atoms with Crippen LogP contribution < -0.4 is 0 Å². The fourth-order valence-electron chi connectivity index (χ4n) is 7.32. The van der Waals surface area contributed by atoms with Crippen LogP contribution in [0.4, 0.5) is 0 Å². The number of rotatable bonds is 4. The van der Waals surface area contributed by atoms with Crippen molar-refractivity contribution in [2.75, 3.05) is 0 Å². The number of hydrogen-bond acceptors (Lipinski definition) is 2. The van der Waals surface area contributed by atoms with Gasteiger partial charge >= 0.3 is 0 Å². The van der Waals surface area contributed by atoms with Crippen LogP contribution in [0.25, 0.3) is 93.7 Å². The van der Waals surface area contributed by atoms with Crippen LogP contribution in [0.2, 0.25) is 0 Å². The molecule has 0 atom stereocenters. The Bertz CT molecular complexity index is 2870. The number of fused-ring (bicyclic) bond motifs is 6. The van der Waals surface area contributed by atoms with Crippen LogP contribution in [-0.4, -0.2) is 14.5 Å². The van der Waals surface area contributed by atoms with Crippen molar-refractivity contribution in [2.24, 2.45) is 0 Å². The van der Waals surface area contributed by atoms with Crippen molar-refractivity contribution in [2.45, 2.75) is 0 Å². The first-order chi connectivity index (χ1) is 24.3. The first-order valence-electron chi connectivity index (χ1n) is 16.7. The Balaban J connectivity index is 1.14. The van der Waals surface area contributed by atoms with E-state index in [-0.39, 0.29) is 0 Å². The minimum absolute atomic E-state index is 0.711. The third-order valence-corrected chi connectivity index (χ3v) is 9.75. The molecule has 0 aliphatic rings. The van der Waals surface area contributed by atoms with Crippen molar-refractivity contribution in [1.29, 1.82) is 0 Å². The first-order valence-corrected chi connectivity index (χ1v) is 16.7. The van der Waals surface area contributed by atoms with Gasteiger partial charge in [0, 0.05) is 33.0 Å². The molecule has 0 spiro atoms. The molecule has 0 saturated carbocycles. The molecule has 3 heteroatoms. The standard InChI is InChI=1S/C46H29N3/c1-2-10-30(11-3-1)36-22-25-42-41(28-36)45(37-19-18-31-12-4-5-13-33(31)26-37)48-46(47-42)32-20-23-38(24-21-32)49-43-17-9-8-16-39(43)40-27-34-14-6-7-15-35(34)29-44(40)49/h1-29H. The largest absolute Gasteiger partial charge is 0.309 e. The zero-order valence-corrected chi connectivity index (χ0v) is 26.6. The van der Waals surface area contributed by atoms with E-state index < -0.39 is 0 Å². The van der Waals surface area contributed by atoms with Gasteiger partial charge in [-0.15, -0.1) is 0 Å². The lowest BCUT2D eigenvalue weighted by Crippen LogP contribution is -1.97. The Morgan fingerprint density at radius 2 is 1.00 bits per heavy atom. The second kappa shape index (κ2) is 11.0. The summed E-state index contributed by atoms with van der Waals surface area (Å²) in [7, 11) is 0. The molecule has 0 bridgehead atoms. The monoisotopic (exact) mass is 623 g/mol. The third-order valence-electron chi connectivity index (χ3n) is 9.75. The predicted molar refractivity (Wildman–Crippen MR) is 205 cm³/mol. The topological polar surface area (TPSA) is 30.7 Å². The Labute approximate surface area is 283 Å². The van der Waals surface area contributed by atoms with Gasteiger partial charge in [-0.3, -0.25) is 0 Å². The van der Waals surface area contributed by atoms with E-state index in [4.69, 9.17) is 9.97 Å². The summed E-state index contributed by atoms with van der Waals surface area (Å²) in [5.41, 5.74) is 9.72. The highest BCUT2D eigenvalue weighted by Gasteiger charge is 2.16. The quantitative estimate of drug-likeness (QED) is 0.195. The van der Waals surface area contributed by atoms with Gasteiger partial charge in [0.1, 0.15) is 0 Å². The van der Waals surface area contributed by atoms with Crippen LogP contribution in [0.15, 0.2) is 176 Å². The second-order valence-electron chi connectivity index (χ2n) is 12.7. The van der Waals surface area contributed by atoms with Crippen LogP contribution in [0.3, 0.4) is 0 Å². The summed E-state index contributed by atoms with van der Waals surface area (Å²) in [6, 6.07) is 62.7. The molecule has 0 aliphatic heterocycles. The lowest BCUT2D eigenvalue weighted by Gasteiger charge is -2.13. The molecule has 3 nitrogen and oxygen atoms in total. The normalized spacial score (nSPS) is 11.7. The summed E-state index contributed by atoms with van der Waals surface area (Å²) in [6.45, 7) is 0. The molecule has 2 aromatic heterocycles. The minimum atomic E-state index is 0.711. The molecular formula is C46H29N3. The molecule has 0 unspecified atom stereocenters. The Morgan fingerprint density at radius 3 is 1.82 bits per heavy atom. The smallest absolute Gasteiger partial charge is 0.160 e. The summed E-state index contributed by atoms with van der Waals surface area (Å²) in [5.74, 6) is 0.711. The fourth-order valence-corrected chi connectivity index (χ4v) is 7.32. The van der Waals surface area contributed by atoms with Gasteiger partial charge < -0.3 is 4.57 Å². The van der Waals surface area contributed by atoms with E-state index in [2.05, 4.69) is 180 Å². The molecule has 0 amide bonds. The van der Waals surface area contributed by atoms with Crippen molar-refractivity contribution >= 4 is 54.3 Å². The molecule has 2 heterocycles. The number of benzene rings is 8. The fraction of sp³-hybridized carbons (Fsp3) is 0. The highest BCUT2D eigenvalue weighted by molar-refractivity contribution is 6.13. The molecule has 228 valence electrons. The van der Waals surface area contributed by atoms with Gasteiger partial charge in [-0.25, -0.2) is 9.97 Å². The maximum absolute atomic E-state index is 5.29. The lowest BCUT2D eigenvalue weighted by atomic mass is 9.98. The van der Waals surface area contributed by atoms with E-state index in [9.17, 15) is 0 Å². The first kappa shape index (κ1) is 27.5. The van der Waals surface area contributed by atoms with Crippen LogP contribution in [-0.2, 0) is 0 Å². The maximum atomic E-state index is 5.29. The number of aromatic nitrogens is 3. The maximum Gasteiger partial charge on any atom is 0.160 e. The summed E-state index contributed by atoms with van der Waals surface area (Å²) in [4.78, 5) is 10.4. The van der Waals surface area contributed by atoms with Gasteiger partial charge in [0.05, 0.1) is 22.2 Å². The highest BCUT2D eigenvalue weighted by atomic mass is 15.0. The van der Waals surface area contributed by atoms with Gasteiger partial charge in [-0.05, 0) is 93.3 Å². The van der Waals surface area contributed by atoms with E-state index >= 15 is 0 Å². The summed E-state index contributed by atoms with van der Waals surface area (Å²) in [5, 5.41) is 8.43. The average Bonchev–Trinajstić information content (AvgIpc) is 3.49. The Hall–Kier alpha value is -6.58. The molecule has 49 heavy (non-hydrogen) atoms. The molecule has 0 saturated heterocycles. The van der Waals surface area contributed by atoms with Crippen LogP contribution in [0.1, 0.15) is 0 Å². The zero-order valence-electron chi connectivity index (χ0n) is 26.6. The minimum Gasteiger partial charge on any atom is -0.309 e. The van der Waals surface area contributed by atoms with Gasteiger partial charge in [-0.1, -0.05) is 115 Å². The molecule has 10 rings (SSSR count). The lowest BCUT2D eigenvalue weighted by molar-refractivity contribution is 1.17. The van der Waals surface area contributed by atoms with Crippen molar-refractivity contribution < 1.29 is 0 Å². The highest BCUT2D eigenvalue weighted by Crippen LogP contribution is 2.37. The van der Waals surface area contributed by atoms with Crippen LogP contribution in [0, 0.1) is 0 Å². The summed E-state index contributed by atoms with van der Waals surface area (Å²) >= 11 is 0. The van der Waals surface area contributed by atoms with E-state index in [1.807, 2.05) is 0 Å². The molecule has 0 N–H and O–H groups in total. The van der Waals surface area contributed by atoms with E-state index in [0.717, 1.165) is 39.0 Å². The Kier molecular flexibility index (Phi) is 6.18. The van der Waals surface area contributed by atoms with Crippen molar-refractivity contribution in [1.82, 2.24) is 14.5 Å². The zero-order chi connectivity index (χ0) is 32.3. The van der Waals surface area contributed by atoms with Gasteiger partial charge in [-0.2, -0.15) is 0 Å². The Morgan fingerprint density at radius 1 is 0.347 bits per heavy atom. The predicted octanol–water partition coefficient (Wildman–Crippen LogP) is 12.0. The van der Waals surface area contributed by atoms with Crippen molar-refractivity contribution in [3.8, 4) is 39.5 Å².